The number of ether oxygens (including phenoxy) is 1. The van der Waals surface area contributed by atoms with Crippen LogP contribution in [0.5, 0.6) is 0 Å². The Labute approximate surface area is 97.7 Å². The van der Waals surface area contributed by atoms with Crippen molar-refractivity contribution in [3.05, 3.63) is 0 Å². The van der Waals surface area contributed by atoms with E-state index in [1.165, 1.54) is 45.4 Å². The summed E-state index contributed by atoms with van der Waals surface area (Å²) >= 11 is 0. The fraction of sp³-hybridized carbons (Fsp3) is 0.929. The summed E-state index contributed by atoms with van der Waals surface area (Å²) in [6.07, 6.45) is 9.78. The highest BCUT2D eigenvalue weighted by atomic mass is 16.5. The molecule has 3 rings (SSSR count). The number of hydrogen-bond donors (Lipinski definition) is 0. The molecule has 0 aromatic rings. The first kappa shape index (κ1) is 10.6. The van der Waals surface area contributed by atoms with Gasteiger partial charge in [-0.25, -0.2) is 0 Å². The number of carbonyl (C=O) groups is 1. The fourth-order valence-corrected chi connectivity index (χ4v) is 5.03. The highest BCUT2D eigenvalue weighted by Crippen LogP contribution is 2.66. The quantitative estimate of drug-likeness (QED) is 0.686. The van der Waals surface area contributed by atoms with Crippen LogP contribution in [0.4, 0.5) is 0 Å². The van der Waals surface area contributed by atoms with Crippen molar-refractivity contribution in [3.63, 3.8) is 0 Å². The van der Waals surface area contributed by atoms with E-state index in [2.05, 4.69) is 0 Å². The summed E-state index contributed by atoms with van der Waals surface area (Å²) in [4.78, 5) is 10.8. The highest BCUT2D eigenvalue weighted by Gasteiger charge is 2.58. The molecule has 2 bridgehead atoms. The van der Waals surface area contributed by atoms with Crippen LogP contribution >= 0.6 is 0 Å². The van der Waals surface area contributed by atoms with Gasteiger partial charge in [-0.2, -0.15) is 0 Å². The topological polar surface area (TPSA) is 26.3 Å². The molecule has 3 saturated carbocycles. The lowest BCUT2D eigenvalue weighted by Gasteiger charge is -2.35. The molecule has 2 nitrogen and oxygen atoms in total. The third kappa shape index (κ3) is 1.49. The third-order valence-corrected chi connectivity index (χ3v) is 5.55. The normalized spacial score (nSPS) is 44.7. The average Bonchev–Trinajstić information content (AvgIpc) is 2.87. The Morgan fingerprint density at radius 1 is 1.38 bits per heavy atom. The van der Waals surface area contributed by atoms with E-state index >= 15 is 0 Å². The predicted octanol–water partition coefficient (Wildman–Crippen LogP) is 3.16. The minimum absolute atomic E-state index is 0.119. The Morgan fingerprint density at radius 2 is 2.25 bits per heavy atom. The summed E-state index contributed by atoms with van der Waals surface area (Å²) in [5.74, 6) is 2.91. The molecule has 4 unspecified atom stereocenters. The Morgan fingerprint density at radius 3 is 3.06 bits per heavy atom. The lowest BCUT2D eigenvalue weighted by Crippen LogP contribution is -2.29. The zero-order valence-electron chi connectivity index (χ0n) is 10.2. The third-order valence-electron chi connectivity index (χ3n) is 5.55. The smallest absolute Gasteiger partial charge is 0.302 e. The molecule has 2 heteroatoms. The molecule has 0 amide bonds. The van der Waals surface area contributed by atoms with Gasteiger partial charge in [-0.3, -0.25) is 4.79 Å². The minimum Gasteiger partial charge on any atom is -0.466 e. The summed E-state index contributed by atoms with van der Waals surface area (Å²) in [7, 11) is 0. The predicted molar refractivity (Wildman–Crippen MR) is 61.9 cm³/mol. The molecule has 3 aliphatic rings. The van der Waals surface area contributed by atoms with Gasteiger partial charge < -0.3 is 4.74 Å². The maximum Gasteiger partial charge on any atom is 0.302 e. The molecule has 0 N–H and O–H groups in total. The molecule has 0 aliphatic heterocycles. The Balaban J connectivity index is 1.65. The maximum absolute atomic E-state index is 10.8. The van der Waals surface area contributed by atoms with Crippen LogP contribution < -0.4 is 0 Å². The summed E-state index contributed by atoms with van der Waals surface area (Å²) in [5, 5.41) is 0. The van der Waals surface area contributed by atoms with Crippen LogP contribution in [-0.2, 0) is 9.53 Å². The van der Waals surface area contributed by atoms with E-state index in [0.29, 0.717) is 12.0 Å². The van der Waals surface area contributed by atoms with Gasteiger partial charge in [0.2, 0.25) is 0 Å². The molecule has 90 valence electrons. The standard InChI is InChI=1S/C14H22O2/c1-10(15)16-8-7-14-6-5-11(9-14)12-3-2-4-13(12)14/h11-13H,2-9H2,1H3. The highest BCUT2D eigenvalue weighted by molar-refractivity contribution is 5.65. The molecular formula is C14H22O2. The van der Waals surface area contributed by atoms with E-state index in [-0.39, 0.29) is 5.97 Å². The van der Waals surface area contributed by atoms with Crippen molar-refractivity contribution < 1.29 is 9.53 Å². The molecule has 4 atom stereocenters. The first-order chi connectivity index (χ1) is 7.71. The van der Waals surface area contributed by atoms with Crippen molar-refractivity contribution >= 4 is 5.97 Å². The zero-order chi connectivity index (χ0) is 11.2. The van der Waals surface area contributed by atoms with E-state index in [9.17, 15) is 4.79 Å². The molecule has 16 heavy (non-hydrogen) atoms. The second kappa shape index (κ2) is 3.75. The van der Waals surface area contributed by atoms with Crippen LogP contribution in [-0.4, -0.2) is 12.6 Å². The van der Waals surface area contributed by atoms with E-state index in [1.54, 1.807) is 0 Å². The summed E-state index contributed by atoms with van der Waals surface area (Å²) in [5.41, 5.74) is 0.571. The average molecular weight is 222 g/mol. The van der Waals surface area contributed by atoms with Crippen molar-refractivity contribution in [2.45, 2.75) is 51.9 Å². The summed E-state index contributed by atoms with van der Waals surface area (Å²) < 4.78 is 5.16. The molecule has 0 radical (unpaired) electrons. The maximum atomic E-state index is 10.8. The molecular weight excluding hydrogens is 200 g/mol. The van der Waals surface area contributed by atoms with Gasteiger partial charge in [0.15, 0.2) is 0 Å². The van der Waals surface area contributed by atoms with Gasteiger partial charge >= 0.3 is 5.97 Å². The molecule has 3 fully saturated rings. The molecule has 3 aliphatic carbocycles. The Bertz CT molecular complexity index is 299. The fourth-order valence-electron chi connectivity index (χ4n) is 5.03. The largest absolute Gasteiger partial charge is 0.466 e. The van der Waals surface area contributed by atoms with E-state index in [1.807, 2.05) is 0 Å². The van der Waals surface area contributed by atoms with Crippen molar-refractivity contribution in [2.24, 2.45) is 23.2 Å². The number of esters is 1. The Kier molecular flexibility index (Phi) is 2.49. The Hall–Kier alpha value is -0.530. The van der Waals surface area contributed by atoms with Crippen LogP contribution in [0.1, 0.15) is 51.9 Å². The van der Waals surface area contributed by atoms with Gasteiger partial charge in [-0.15, -0.1) is 0 Å². The van der Waals surface area contributed by atoms with Crippen LogP contribution in [0.2, 0.25) is 0 Å². The number of hydrogen-bond acceptors (Lipinski definition) is 2. The van der Waals surface area contributed by atoms with E-state index < -0.39 is 0 Å². The van der Waals surface area contributed by atoms with Gasteiger partial charge in [-0.1, -0.05) is 6.42 Å². The number of carbonyl (C=O) groups excluding carboxylic acids is 1. The van der Waals surface area contributed by atoms with Crippen molar-refractivity contribution in [1.29, 1.82) is 0 Å². The second-order valence-electron chi connectivity index (χ2n) is 6.16. The summed E-state index contributed by atoms with van der Waals surface area (Å²) in [6, 6.07) is 0. The van der Waals surface area contributed by atoms with Crippen LogP contribution in [0.15, 0.2) is 0 Å². The molecule has 0 aromatic heterocycles. The van der Waals surface area contributed by atoms with Crippen LogP contribution in [0.3, 0.4) is 0 Å². The van der Waals surface area contributed by atoms with E-state index in [4.69, 9.17) is 4.74 Å². The van der Waals surface area contributed by atoms with Gasteiger partial charge in [0.1, 0.15) is 0 Å². The second-order valence-corrected chi connectivity index (χ2v) is 6.16. The van der Waals surface area contributed by atoms with Crippen molar-refractivity contribution in [3.8, 4) is 0 Å². The van der Waals surface area contributed by atoms with Gasteiger partial charge in [-0.05, 0) is 61.7 Å². The zero-order valence-corrected chi connectivity index (χ0v) is 10.2. The van der Waals surface area contributed by atoms with Gasteiger partial charge in [0, 0.05) is 6.92 Å². The molecule has 0 spiro atoms. The lowest BCUT2D eigenvalue weighted by molar-refractivity contribution is -0.141. The lowest BCUT2D eigenvalue weighted by atomic mass is 9.70. The van der Waals surface area contributed by atoms with Crippen molar-refractivity contribution in [2.75, 3.05) is 6.61 Å². The number of rotatable bonds is 3. The SMILES string of the molecule is CC(=O)OCCC12CCC(C1)C1CCCC12. The molecule has 0 saturated heterocycles. The minimum atomic E-state index is -0.119. The summed E-state index contributed by atoms with van der Waals surface area (Å²) in [6.45, 7) is 2.17. The van der Waals surface area contributed by atoms with Crippen LogP contribution in [0, 0.1) is 23.2 Å². The molecule has 0 aromatic carbocycles. The van der Waals surface area contributed by atoms with Crippen molar-refractivity contribution in [1.82, 2.24) is 0 Å². The first-order valence-corrected chi connectivity index (χ1v) is 6.85. The number of fused-ring (bicyclic) bond motifs is 5. The monoisotopic (exact) mass is 222 g/mol. The first-order valence-electron chi connectivity index (χ1n) is 6.85. The van der Waals surface area contributed by atoms with Crippen LogP contribution in [0.25, 0.3) is 0 Å². The van der Waals surface area contributed by atoms with Gasteiger partial charge in [0.05, 0.1) is 6.61 Å². The van der Waals surface area contributed by atoms with E-state index in [0.717, 1.165) is 24.2 Å². The van der Waals surface area contributed by atoms with Gasteiger partial charge in [0.25, 0.3) is 0 Å². The molecule has 0 heterocycles.